The number of aryl methyl sites for hydroxylation is 1. The second kappa shape index (κ2) is 11.0. The van der Waals surface area contributed by atoms with Gasteiger partial charge in [-0.05, 0) is 49.2 Å². The lowest BCUT2D eigenvalue weighted by Gasteiger charge is -2.38. The van der Waals surface area contributed by atoms with Crippen molar-refractivity contribution in [3.63, 3.8) is 0 Å². The number of hydrogen-bond acceptors (Lipinski definition) is 6. The lowest BCUT2D eigenvalue weighted by molar-refractivity contribution is -0.139. The second-order valence-electron chi connectivity index (χ2n) is 8.61. The molecule has 1 saturated heterocycles. The van der Waals surface area contributed by atoms with E-state index in [2.05, 4.69) is 27.4 Å². The Hall–Kier alpha value is -3.23. The van der Waals surface area contributed by atoms with Crippen LogP contribution >= 0.6 is 11.6 Å². The Labute approximate surface area is 210 Å². The van der Waals surface area contributed by atoms with Crippen molar-refractivity contribution in [1.82, 2.24) is 15.5 Å². The Morgan fingerprint density at radius 1 is 1.11 bits per heavy atom. The lowest BCUT2D eigenvalue weighted by atomic mass is 9.94. The van der Waals surface area contributed by atoms with Crippen LogP contribution in [0.15, 0.2) is 53.7 Å². The highest BCUT2D eigenvalue weighted by Crippen LogP contribution is 2.30. The molecule has 0 bridgehead atoms. The smallest absolute Gasteiger partial charge is 0.338 e. The standard InChI is InChI=1S/C26H31ClN4O4/c1-4-35-25(32)23-21(28-26(33)29-24(23)18-6-9-20(34-3)10-7-18)16-30-11-13-31(14-12-30)22-15-19(27)8-5-17(22)2/h5-10,15,24H,4,11-14,16H2,1-3H3,(H2,28,29,33)/t24-/m1/s1. The van der Waals surface area contributed by atoms with E-state index in [0.29, 0.717) is 23.6 Å². The number of nitrogens with one attached hydrogen (secondary N) is 2. The average Bonchev–Trinajstić information content (AvgIpc) is 2.86. The SMILES string of the molecule is CCOC(=O)C1=C(CN2CCN(c3cc(Cl)ccc3C)CC2)NC(=O)N[C@@H]1c1ccc(OC)cc1. The van der Waals surface area contributed by atoms with Crippen LogP contribution < -0.4 is 20.3 Å². The average molecular weight is 499 g/mol. The van der Waals surface area contributed by atoms with Gasteiger partial charge in [0, 0.05) is 49.1 Å². The molecule has 0 saturated carbocycles. The highest BCUT2D eigenvalue weighted by molar-refractivity contribution is 6.30. The van der Waals surface area contributed by atoms with Gasteiger partial charge in [0.05, 0.1) is 25.3 Å². The summed E-state index contributed by atoms with van der Waals surface area (Å²) in [6.07, 6.45) is 0. The summed E-state index contributed by atoms with van der Waals surface area (Å²) in [5, 5.41) is 6.47. The van der Waals surface area contributed by atoms with Crippen molar-refractivity contribution in [3.8, 4) is 5.75 Å². The first-order valence-electron chi connectivity index (χ1n) is 11.7. The molecule has 0 radical (unpaired) electrons. The quantitative estimate of drug-likeness (QED) is 0.567. The van der Waals surface area contributed by atoms with E-state index in [4.69, 9.17) is 21.1 Å². The third kappa shape index (κ3) is 5.71. The van der Waals surface area contributed by atoms with Crippen molar-refractivity contribution >= 4 is 29.3 Å². The van der Waals surface area contributed by atoms with Crippen molar-refractivity contribution in [1.29, 1.82) is 0 Å². The van der Waals surface area contributed by atoms with Gasteiger partial charge in [-0.1, -0.05) is 29.8 Å². The van der Waals surface area contributed by atoms with Crippen LogP contribution in [0.3, 0.4) is 0 Å². The molecule has 8 nitrogen and oxygen atoms in total. The molecule has 2 aliphatic rings. The van der Waals surface area contributed by atoms with E-state index in [0.717, 1.165) is 42.5 Å². The number of benzene rings is 2. The van der Waals surface area contributed by atoms with Crippen LogP contribution in [0.4, 0.5) is 10.5 Å². The molecule has 2 N–H and O–H groups in total. The number of carbonyl (C=O) groups excluding carboxylic acids is 2. The topological polar surface area (TPSA) is 83.1 Å². The third-order valence-corrected chi connectivity index (χ3v) is 6.60. The Balaban J connectivity index is 1.56. The Morgan fingerprint density at radius 2 is 1.83 bits per heavy atom. The summed E-state index contributed by atoms with van der Waals surface area (Å²) < 4.78 is 10.6. The van der Waals surface area contributed by atoms with Crippen LogP contribution in [0.1, 0.15) is 24.1 Å². The highest BCUT2D eigenvalue weighted by atomic mass is 35.5. The summed E-state index contributed by atoms with van der Waals surface area (Å²) in [4.78, 5) is 30.2. The number of halogens is 1. The largest absolute Gasteiger partial charge is 0.497 e. The van der Waals surface area contributed by atoms with Crippen LogP contribution in [0.5, 0.6) is 5.75 Å². The van der Waals surface area contributed by atoms with Crippen LogP contribution in [0.2, 0.25) is 5.02 Å². The maximum atomic E-state index is 13.0. The first-order chi connectivity index (χ1) is 16.9. The zero-order valence-electron chi connectivity index (χ0n) is 20.3. The molecule has 0 unspecified atom stereocenters. The molecule has 9 heteroatoms. The van der Waals surface area contributed by atoms with Gasteiger partial charge in [0.15, 0.2) is 0 Å². The molecular formula is C26H31ClN4O4. The van der Waals surface area contributed by atoms with Gasteiger partial charge in [0.25, 0.3) is 0 Å². The van der Waals surface area contributed by atoms with E-state index < -0.39 is 12.0 Å². The first kappa shape index (κ1) is 24.9. The first-order valence-corrected chi connectivity index (χ1v) is 12.1. The molecule has 2 amide bonds. The predicted molar refractivity (Wildman–Crippen MR) is 136 cm³/mol. The summed E-state index contributed by atoms with van der Waals surface area (Å²) in [5.74, 6) is 0.257. The zero-order chi connectivity index (χ0) is 24.9. The summed E-state index contributed by atoms with van der Waals surface area (Å²) >= 11 is 6.22. The van der Waals surface area contributed by atoms with Gasteiger partial charge in [0.1, 0.15) is 5.75 Å². The Kier molecular flexibility index (Phi) is 7.83. The zero-order valence-corrected chi connectivity index (χ0v) is 21.0. The van der Waals surface area contributed by atoms with Crippen LogP contribution in [-0.4, -0.2) is 63.3 Å². The fourth-order valence-corrected chi connectivity index (χ4v) is 4.70. The molecule has 4 rings (SSSR count). The molecule has 0 spiro atoms. The van der Waals surface area contributed by atoms with Gasteiger partial charge in [-0.25, -0.2) is 9.59 Å². The van der Waals surface area contributed by atoms with Crippen LogP contribution in [0, 0.1) is 6.92 Å². The number of piperazine rings is 1. The van der Waals surface area contributed by atoms with Crippen molar-refractivity contribution < 1.29 is 19.1 Å². The van der Waals surface area contributed by atoms with Crippen LogP contribution in [0.25, 0.3) is 0 Å². The molecule has 35 heavy (non-hydrogen) atoms. The molecule has 2 aliphatic heterocycles. The molecule has 0 aromatic heterocycles. The van der Waals surface area contributed by atoms with E-state index in [9.17, 15) is 9.59 Å². The fourth-order valence-electron chi connectivity index (χ4n) is 4.53. The van der Waals surface area contributed by atoms with E-state index in [1.807, 2.05) is 42.5 Å². The molecule has 2 aromatic carbocycles. The van der Waals surface area contributed by atoms with E-state index in [1.54, 1.807) is 14.0 Å². The number of nitrogens with zero attached hydrogens (tertiary/aromatic N) is 2. The van der Waals surface area contributed by atoms with Gasteiger partial charge in [-0.3, -0.25) is 4.90 Å². The summed E-state index contributed by atoms with van der Waals surface area (Å²) in [7, 11) is 1.59. The molecule has 2 heterocycles. The van der Waals surface area contributed by atoms with Crippen molar-refractivity contribution in [2.75, 3.05) is 51.3 Å². The van der Waals surface area contributed by atoms with E-state index in [-0.39, 0.29) is 12.6 Å². The minimum absolute atomic E-state index is 0.247. The summed E-state index contributed by atoms with van der Waals surface area (Å²) in [6.45, 7) is 7.73. The van der Waals surface area contributed by atoms with Gasteiger partial charge in [-0.15, -0.1) is 0 Å². The number of amides is 2. The van der Waals surface area contributed by atoms with E-state index >= 15 is 0 Å². The van der Waals surface area contributed by atoms with Crippen molar-refractivity contribution in [2.45, 2.75) is 19.9 Å². The van der Waals surface area contributed by atoms with Gasteiger partial charge in [-0.2, -0.15) is 0 Å². The minimum Gasteiger partial charge on any atom is -0.497 e. The second-order valence-corrected chi connectivity index (χ2v) is 9.05. The maximum Gasteiger partial charge on any atom is 0.338 e. The number of methoxy groups -OCH3 is 1. The van der Waals surface area contributed by atoms with Gasteiger partial charge >= 0.3 is 12.0 Å². The van der Waals surface area contributed by atoms with Crippen molar-refractivity contribution in [2.24, 2.45) is 0 Å². The minimum atomic E-state index is -0.612. The number of esters is 1. The number of rotatable bonds is 7. The van der Waals surface area contributed by atoms with Gasteiger partial charge < -0.3 is 25.0 Å². The molecule has 1 fully saturated rings. The number of urea groups is 1. The summed E-state index contributed by atoms with van der Waals surface area (Å²) in [5.41, 5.74) is 4.09. The monoisotopic (exact) mass is 498 g/mol. The maximum absolute atomic E-state index is 13.0. The molecule has 0 aliphatic carbocycles. The molecule has 1 atom stereocenters. The predicted octanol–water partition coefficient (Wildman–Crippen LogP) is 3.65. The normalized spacial score (nSPS) is 18.7. The number of carbonyl (C=O) groups is 2. The molecular weight excluding hydrogens is 468 g/mol. The molecule has 186 valence electrons. The fraction of sp³-hybridized carbons (Fsp3) is 0.385. The lowest BCUT2D eigenvalue weighted by Crippen LogP contribution is -2.52. The highest BCUT2D eigenvalue weighted by Gasteiger charge is 2.34. The number of hydrogen-bond donors (Lipinski definition) is 2. The number of ether oxygens (including phenoxy) is 2. The van der Waals surface area contributed by atoms with Crippen LogP contribution in [-0.2, 0) is 9.53 Å². The Morgan fingerprint density at radius 3 is 2.49 bits per heavy atom. The number of anilines is 1. The van der Waals surface area contributed by atoms with E-state index in [1.165, 1.54) is 5.56 Å². The summed E-state index contributed by atoms with van der Waals surface area (Å²) in [6, 6.07) is 12.3. The third-order valence-electron chi connectivity index (χ3n) is 6.36. The molecule has 2 aromatic rings. The van der Waals surface area contributed by atoms with Gasteiger partial charge in [0.2, 0.25) is 0 Å². The van der Waals surface area contributed by atoms with Crippen molar-refractivity contribution in [3.05, 3.63) is 69.9 Å². The Bertz CT molecular complexity index is 1110.